The Morgan fingerprint density at radius 3 is 2.68 bits per heavy atom. The fraction of sp³-hybridized carbons (Fsp3) is 0.308. The molecule has 0 aliphatic carbocycles. The first-order valence-electron chi connectivity index (χ1n) is 5.90. The molecule has 0 spiro atoms. The maximum Gasteiger partial charge on any atom is 0.267 e. The molecule has 100 valence electrons. The Kier molecular flexibility index (Phi) is 4.87. The van der Waals surface area contributed by atoms with Crippen LogP contribution in [0, 0.1) is 6.92 Å². The summed E-state index contributed by atoms with van der Waals surface area (Å²) in [5.41, 5.74) is 1.75. The lowest BCUT2D eigenvalue weighted by atomic mass is 10.2. The van der Waals surface area contributed by atoms with Gasteiger partial charge in [0, 0.05) is 19.0 Å². The maximum absolute atomic E-state index is 12.4. The molecule has 2 aromatic rings. The quantitative estimate of drug-likeness (QED) is 0.797. The molecule has 1 amide bonds. The number of aryl methyl sites for hydroxylation is 1. The molecule has 0 radical (unpaired) electrons. The first kappa shape index (κ1) is 14.0. The molecule has 0 bridgehead atoms. The van der Waals surface area contributed by atoms with E-state index in [9.17, 15) is 4.79 Å². The average Bonchev–Trinajstić information content (AvgIpc) is 2.85. The predicted octanol–water partition coefficient (Wildman–Crippen LogP) is 2.73. The summed E-state index contributed by atoms with van der Waals surface area (Å²) in [6.45, 7) is 2.84. The van der Waals surface area contributed by atoms with Gasteiger partial charge in [-0.1, -0.05) is 34.8 Å². The highest BCUT2D eigenvalue weighted by Gasteiger charge is 2.20. The van der Waals surface area contributed by atoms with Crippen LogP contribution in [0.25, 0.3) is 0 Å². The van der Waals surface area contributed by atoms with Crippen molar-refractivity contribution in [3.05, 3.63) is 46.5 Å². The maximum atomic E-state index is 12.4. The van der Waals surface area contributed by atoms with E-state index < -0.39 is 0 Å². The number of hydrogen-bond acceptors (Lipinski definition) is 4. The summed E-state index contributed by atoms with van der Waals surface area (Å²) >= 11 is 6.91. The van der Waals surface area contributed by atoms with Gasteiger partial charge in [-0.05, 0) is 24.0 Å². The lowest BCUT2D eigenvalue weighted by Crippen LogP contribution is -2.32. The molecule has 0 aliphatic heterocycles. The van der Waals surface area contributed by atoms with Crippen molar-refractivity contribution in [2.75, 3.05) is 12.4 Å². The Morgan fingerprint density at radius 2 is 2.11 bits per heavy atom. The van der Waals surface area contributed by atoms with E-state index in [1.54, 1.807) is 11.8 Å². The van der Waals surface area contributed by atoms with Crippen molar-refractivity contribution in [1.82, 2.24) is 14.5 Å². The van der Waals surface area contributed by atoms with Gasteiger partial charge in [0.1, 0.15) is 4.88 Å². The second-order valence-corrected chi connectivity index (χ2v) is 5.22. The van der Waals surface area contributed by atoms with Crippen molar-refractivity contribution < 1.29 is 4.79 Å². The highest BCUT2D eigenvalue weighted by Crippen LogP contribution is 2.15. The zero-order chi connectivity index (χ0) is 13.7. The van der Waals surface area contributed by atoms with E-state index in [4.69, 9.17) is 11.6 Å². The van der Waals surface area contributed by atoms with E-state index in [1.807, 2.05) is 30.3 Å². The summed E-state index contributed by atoms with van der Waals surface area (Å²) in [6, 6.07) is 9.85. The van der Waals surface area contributed by atoms with E-state index >= 15 is 0 Å². The molecule has 1 aromatic carbocycles. The third-order valence-electron chi connectivity index (χ3n) is 2.70. The van der Waals surface area contributed by atoms with Crippen LogP contribution in [-0.4, -0.2) is 32.8 Å². The zero-order valence-electron chi connectivity index (χ0n) is 10.5. The summed E-state index contributed by atoms with van der Waals surface area (Å²) in [4.78, 5) is 14.7. The van der Waals surface area contributed by atoms with E-state index in [0.29, 0.717) is 29.5 Å². The molecular weight excluding hydrogens is 282 g/mol. The summed E-state index contributed by atoms with van der Waals surface area (Å²) in [5, 5.41) is 3.88. The lowest BCUT2D eigenvalue weighted by molar-refractivity contribution is 0.0757. The van der Waals surface area contributed by atoms with Gasteiger partial charge in [0.25, 0.3) is 5.91 Å². The van der Waals surface area contributed by atoms with Crippen LogP contribution in [0.5, 0.6) is 0 Å². The number of aromatic nitrogens is 2. The van der Waals surface area contributed by atoms with Gasteiger partial charge in [0.05, 0.1) is 5.69 Å². The molecule has 1 aromatic heterocycles. The van der Waals surface area contributed by atoms with Crippen molar-refractivity contribution >= 4 is 29.0 Å². The number of halogens is 1. The zero-order valence-corrected chi connectivity index (χ0v) is 12.1. The van der Waals surface area contributed by atoms with Crippen LogP contribution in [0.15, 0.2) is 30.3 Å². The molecule has 0 saturated heterocycles. The third kappa shape index (κ3) is 3.52. The molecular formula is C13H14ClN3OS. The van der Waals surface area contributed by atoms with Crippen LogP contribution < -0.4 is 0 Å². The Bertz CT molecular complexity index is 544. The minimum Gasteiger partial charge on any atom is -0.332 e. The fourth-order valence-electron chi connectivity index (χ4n) is 1.73. The van der Waals surface area contributed by atoms with Crippen LogP contribution in [0.1, 0.15) is 20.9 Å². The van der Waals surface area contributed by atoms with Gasteiger partial charge in [-0.3, -0.25) is 4.79 Å². The van der Waals surface area contributed by atoms with Gasteiger partial charge in [-0.2, -0.15) is 0 Å². The molecule has 0 N–H and O–H groups in total. The topological polar surface area (TPSA) is 46.1 Å². The smallest absolute Gasteiger partial charge is 0.267 e. The van der Waals surface area contributed by atoms with Crippen LogP contribution >= 0.6 is 23.1 Å². The molecule has 0 unspecified atom stereocenters. The first-order valence-corrected chi connectivity index (χ1v) is 7.21. The second-order valence-electron chi connectivity index (χ2n) is 4.09. The standard InChI is InChI=1S/C13H14ClN3OS/c1-10-12(19-16-15-10)13(18)17(8-7-14)9-11-5-3-2-4-6-11/h2-6H,7-9H2,1H3. The van der Waals surface area contributed by atoms with Gasteiger partial charge in [0.15, 0.2) is 0 Å². The highest BCUT2D eigenvalue weighted by atomic mass is 35.5. The van der Waals surface area contributed by atoms with Gasteiger partial charge in [0.2, 0.25) is 0 Å². The fourth-order valence-corrected chi connectivity index (χ4v) is 2.56. The molecule has 0 saturated carbocycles. The number of carbonyl (C=O) groups excluding carboxylic acids is 1. The number of hydrogen-bond donors (Lipinski definition) is 0. The Morgan fingerprint density at radius 1 is 1.37 bits per heavy atom. The van der Waals surface area contributed by atoms with Gasteiger partial charge in [-0.25, -0.2) is 0 Å². The predicted molar refractivity (Wildman–Crippen MR) is 76.5 cm³/mol. The third-order valence-corrected chi connectivity index (χ3v) is 3.69. The van der Waals surface area contributed by atoms with E-state index in [-0.39, 0.29) is 5.91 Å². The van der Waals surface area contributed by atoms with Gasteiger partial charge in [-0.15, -0.1) is 16.7 Å². The van der Waals surface area contributed by atoms with Crippen LogP contribution in [0.3, 0.4) is 0 Å². The normalized spacial score (nSPS) is 10.4. The molecule has 2 rings (SSSR count). The van der Waals surface area contributed by atoms with Crippen LogP contribution in [0.4, 0.5) is 0 Å². The summed E-state index contributed by atoms with van der Waals surface area (Å²) in [7, 11) is 0. The number of carbonyl (C=O) groups is 1. The second kappa shape index (κ2) is 6.63. The number of alkyl halides is 1. The minimum absolute atomic E-state index is 0.0583. The van der Waals surface area contributed by atoms with Gasteiger partial charge < -0.3 is 4.90 Å². The van der Waals surface area contributed by atoms with Crippen LogP contribution in [0.2, 0.25) is 0 Å². The Hall–Kier alpha value is -1.46. The van der Waals surface area contributed by atoms with Gasteiger partial charge >= 0.3 is 0 Å². The largest absolute Gasteiger partial charge is 0.332 e. The minimum atomic E-state index is -0.0583. The van der Waals surface area contributed by atoms with E-state index in [2.05, 4.69) is 9.59 Å². The lowest BCUT2D eigenvalue weighted by Gasteiger charge is -2.21. The SMILES string of the molecule is Cc1nnsc1C(=O)N(CCCl)Cc1ccccc1. The Labute approximate surface area is 121 Å². The Balaban J connectivity index is 2.16. The van der Waals surface area contributed by atoms with Crippen molar-refractivity contribution in [2.45, 2.75) is 13.5 Å². The van der Waals surface area contributed by atoms with Crippen molar-refractivity contribution in [3.8, 4) is 0 Å². The van der Waals surface area contributed by atoms with Crippen molar-refractivity contribution in [3.63, 3.8) is 0 Å². The first-order chi connectivity index (χ1) is 9.22. The number of rotatable bonds is 5. The molecule has 4 nitrogen and oxygen atoms in total. The molecule has 0 fully saturated rings. The molecule has 0 atom stereocenters. The van der Waals surface area contributed by atoms with Crippen molar-refractivity contribution in [1.29, 1.82) is 0 Å². The molecule has 0 aliphatic rings. The van der Waals surface area contributed by atoms with E-state index in [1.165, 1.54) is 0 Å². The molecule has 1 heterocycles. The van der Waals surface area contributed by atoms with Crippen molar-refractivity contribution in [2.24, 2.45) is 0 Å². The van der Waals surface area contributed by atoms with Crippen LogP contribution in [-0.2, 0) is 6.54 Å². The number of amides is 1. The summed E-state index contributed by atoms with van der Waals surface area (Å²) in [5.74, 6) is 0.348. The summed E-state index contributed by atoms with van der Waals surface area (Å²) < 4.78 is 3.80. The molecule has 6 heteroatoms. The average molecular weight is 296 g/mol. The monoisotopic (exact) mass is 295 g/mol. The van der Waals surface area contributed by atoms with E-state index in [0.717, 1.165) is 17.1 Å². The highest BCUT2D eigenvalue weighted by molar-refractivity contribution is 7.07. The molecule has 19 heavy (non-hydrogen) atoms. The summed E-state index contributed by atoms with van der Waals surface area (Å²) in [6.07, 6.45) is 0. The number of nitrogens with zero attached hydrogens (tertiary/aromatic N) is 3. The number of benzene rings is 1.